The van der Waals surface area contributed by atoms with Crippen molar-refractivity contribution in [1.82, 2.24) is 15.1 Å². The third-order valence-corrected chi connectivity index (χ3v) is 3.81. The molecule has 132 valence electrons. The average Bonchev–Trinajstić information content (AvgIpc) is 2.92. The minimum absolute atomic E-state index is 0. The number of halogens is 2. The first-order valence-electron chi connectivity index (χ1n) is 7.77. The third-order valence-electron chi connectivity index (χ3n) is 3.55. The number of hydrogen-bond donors (Lipinski definition) is 2. The smallest absolute Gasteiger partial charge is 0.254 e. The van der Waals surface area contributed by atoms with Crippen molar-refractivity contribution in [2.24, 2.45) is 5.73 Å². The second-order valence-electron chi connectivity index (χ2n) is 6.01. The Kier molecular flexibility index (Phi) is 7.73. The summed E-state index contributed by atoms with van der Waals surface area (Å²) in [5.74, 6) is 0.0388. The average molecular weight is 371 g/mol. The van der Waals surface area contributed by atoms with Crippen LogP contribution in [-0.4, -0.2) is 28.3 Å². The van der Waals surface area contributed by atoms with E-state index >= 15 is 0 Å². The van der Waals surface area contributed by atoms with Crippen molar-refractivity contribution in [2.45, 2.75) is 39.2 Å². The molecule has 0 saturated heterocycles. The molecule has 0 saturated carbocycles. The first-order valence-corrected chi connectivity index (χ1v) is 8.15. The molecule has 2 rings (SSSR count). The summed E-state index contributed by atoms with van der Waals surface area (Å²) in [7, 11) is 0. The van der Waals surface area contributed by atoms with Crippen molar-refractivity contribution in [3.8, 4) is 5.69 Å². The summed E-state index contributed by atoms with van der Waals surface area (Å²) in [6.45, 7) is 6.56. The number of nitrogens with two attached hydrogens (primary N) is 1. The second-order valence-corrected chi connectivity index (χ2v) is 6.44. The number of carbonyl (C=O) groups is 1. The van der Waals surface area contributed by atoms with Crippen molar-refractivity contribution in [1.29, 1.82) is 0 Å². The summed E-state index contributed by atoms with van der Waals surface area (Å²) in [5, 5.41) is 7.96. The van der Waals surface area contributed by atoms with Crippen molar-refractivity contribution in [3.63, 3.8) is 0 Å². The lowest BCUT2D eigenvalue weighted by Gasteiger charge is -2.13. The van der Waals surface area contributed by atoms with Gasteiger partial charge in [0.15, 0.2) is 0 Å². The number of benzene rings is 1. The van der Waals surface area contributed by atoms with E-state index in [1.54, 1.807) is 10.9 Å². The van der Waals surface area contributed by atoms with Gasteiger partial charge in [0.2, 0.25) is 0 Å². The lowest BCUT2D eigenvalue weighted by molar-refractivity contribution is 0.0951. The van der Waals surface area contributed by atoms with E-state index < -0.39 is 0 Å². The third kappa shape index (κ3) is 4.97. The summed E-state index contributed by atoms with van der Waals surface area (Å²) < 4.78 is 1.79. The molecule has 1 heterocycles. The maximum Gasteiger partial charge on any atom is 0.254 e. The fraction of sp³-hybridized carbons (Fsp3) is 0.412. The van der Waals surface area contributed by atoms with Gasteiger partial charge in [-0.25, -0.2) is 4.68 Å². The Morgan fingerprint density at radius 3 is 2.46 bits per heavy atom. The molecule has 0 radical (unpaired) electrons. The lowest BCUT2D eigenvalue weighted by atomic mass is 10.0. The van der Waals surface area contributed by atoms with Crippen LogP contribution in [0.3, 0.4) is 0 Å². The Labute approximate surface area is 154 Å². The molecule has 0 aliphatic carbocycles. The van der Waals surface area contributed by atoms with Crippen molar-refractivity contribution < 1.29 is 4.79 Å². The van der Waals surface area contributed by atoms with Crippen LogP contribution in [0.15, 0.2) is 30.5 Å². The highest BCUT2D eigenvalue weighted by Crippen LogP contribution is 2.23. The fourth-order valence-electron chi connectivity index (χ4n) is 2.39. The summed E-state index contributed by atoms with van der Waals surface area (Å²) in [6.07, 6.45) is 2.36. The van der Waals surface area contributed by atoms with Gasteiger partial charge in [0.05, 0.1) is 23.1 Å². The summed E-state index contributed by atoms with van der Waals surface area (Å²) >= 11 is 5.94. The van der Waals surface area contributed by atoms with Crippen LogP contribution < -0.4 is 11.1 Å². The second kappa shape index (κ2) is 9.06. The van der Waals surface area contributed by atoms with Crippen molar-refractivity contribution in [2.75, 3.05) is 6.54 Å². The quantitative estimate of drug-likeness (QED) is 0.816. The molecular formula is C17H24Cl2N4O. The van der Waals surface area contributed by atoms with Crippen LogP contribution in [0.25, 0.3) is 5.69 Å². The minimum Gasteiger partial charge on any atom is -0.352 e. The van der Waals surface area contributed by atoms with Gasteiger partial charge in [-0.15, -0.1) is 12.4 Å². The number of nitrogens with zero attached hydrogens (tertiary/aromatic N) is 2. The van der Waals surface area contributed by atoms with E-state index in [0.29, 0.717) is 17.1 Å². The Balaban J connectivity index is 0.00000288. The van der Waals surface area contributed by atoms with Crippen molar-refractivity contribution in [3.05, 3.63) is 46.7 Å². The normalized spacial score (nSPS) is 11.9. The molecule has 1 aromatic heterocycles. The summed E-state index contributed by atoms with van der Waals surface area (Å²) in [4.78, 5) is 12.4. The zero-order valence-electron chi connectivity index (χ0n) is 14.1. The summed E-state index contributed by atoms with van der Waals surface area (Å²) in [6, 6.07) is 7.46. The molecule has 0 spiro atoms. The molecule has 3 N–H and O–H groups in total. The monoisotopic (exact) mass is 370 g/mol. The molecule has 1 amide bonds. The highest BCUT2D eigenvalue weighted by molar-refractivity contribution is 6.30. The van der Waals surface area contributed by atoms with Gasteiger partial charge in [0.25, 0.3) is 5.91 Å². The van der Waals surface area contributed by atoms with Gasteiger partial charge >= 0.3 is 0 Å². The lowest BCUT2D eigenvalue weighted by Crippen LogP contribution is -2.29. The predicted molar refractivity (Wildman–Crippen MR) is 101 cm³/mol. The van der Waals surface area contributed by atoms with Gasteiger partial charge in [0.1, 0.15) is 0 Å². The van der Waals surface area contributed by atoms with Gasteiger partial charge in [-0.2, -0.15) is 5.10 Å². The SMILES string of the molecule is CC(N)CCNC(=O)c1cnn(-c2ccc(Cl)cc2)c1C(C)C.Cl. The molecule has 7 heteroatoms. The number of aromatic nitrogens is 2. The van der Waals surface area contributed by atoms with Gasteiger partial charge in [-0.3, -0.25) is 4.79 Å². The van der Waals surface area contributed by atoms with E-state index in [-0.39, 0.29) is 30.3 Å². The first-order chi connectivity index (χ1) is 10.9. The van der Waals surface area contributed by atoms with Gasteiger partial charge in [0, 0.05) is 17.6 Å². The zero-order valence-corrected chi connectivity index (χ0v) is 15.7. The topological polar surface area (TPSA) is 72.9 Å². The maximum absolute atomic E-state index is 12.4. The Hall–Kier alpha value is -1.56. The van der Waals surface area contributed by atoms with Gasteiger partial charge in [-0.1, -0.05) is 25.4 Å². The predicted octanol–water partition coefficient (Wildman–Crippen LogP) is 3.54. The molecule has 0 aliphatic heterocycles. The zero-order chi connectivity index (χ0) is 17.0. The van der Waals surface area contributed by atoms with Crippen LogP contribution in [-0.2, 0) is 0 Å². The first kappa shape index (κ1) is 20.5. The number of rotatable bonds is 6. The molecule has 0 fully saturated rings. The highest BCUT2D eigenvalue weighted by Gasteiger charge is 2.20. The molecule has 0 aliphatic rings. The fourth-order valence-corrected chi connectivity index (χ4v) is 2.51. The van der Waals surface area contributed by atoms with E-state index in [4.69, 9.17) is 17.3 Å². The molecule has 24 heavy (non-hydrogen) atoms. The molecule has 2 aromatic rings. The summed E-state index contributed by atoms with van der Waals surface area (Å²) in [5.41, 5.74) is 8.07. The van der Waals surface area contributed by atoms with Crippen LogP contribution in [0, 0.1) is 0 Å². The largest absolute Gasteiger partial charge is 0.352 e. The highest BCUT2D eigenvalue weighted by atomic mass is 35.5. The minimum atomic E-state index is -0.116. The number of carbonyl (C=O) groups excluding carboxylic acids is 1. The Morgan fingerprint density at radius 2 is 1.92 bits per heavy atom. The van der Waals surface area contributed by atoms with Crippen molar-refractivity contribution >= 4 is 29.9 Å². The van der Waals surface area contributed by atoms with Crippen LogP contribution in [0.2, 0.25) is 5.02 Å². The standard InChI is InChI=1S/C17H23ClN4O.ClH/c1-11(2)16-15(17(23)20-9-8-12(3)19)10-21-22(16)14-6-4-13(18)5-7-14;/h4-7,10-12H,8-9,19H2,1-3H3,(H,20,23);1H. The van der Waals surface area contributed by atoms with Gasteiger partial charge < -0.3 is 11.1 Å². The number of amides is 1. The van der Waals surface area contributed by atoms with E-state index in [0.717, 1.165) is 17.8 Å². The van der Waals surface area contributed by atoms with Gasteiger partial charge in [-0.05, 0) is 43.5 Å². The number of hydrogen-bond acceptors (Lipinski definition) is 3. The van der Waals surface area contributed by atoms with Crippen LogP contribution >= 0.6 is 24.0 Å². The molecule has 5 nitrogen and oxygen atoms in total. The van der Waals surface area contributed by atoms with E-state index in [2.05, 4.69) is 10.4 Å². The molecule has 1 atom stereocenters. The molecule has 1 aromatic carbocycles. The van der Waals surface area contributed by atoms with E-state index in [1.807, 2.05) is 45.0 Å². The molecular weight excluding hydrogens is 347 g/mol. The Morgan fingerprint density at radius 1 is 1.29 bits per heavy atom. The van der Waals surface area contributed by atoms with Crippen LogP contribution in [0.5, 0.6) is 0 Å². The van der Waals surface area contributed by atoms with Crippen LogP contribution in [0.4, 0.5) is 0 Å². The molecule has 0 bridgehead atoms. The van der Waals surface area contributed by atoms with E-state index in [1.165, 1.54) is 0 Å². The Bertz CT molecular complexity index is 666. The maximum atomic E-state index is 12.4. The van der Waals surface area contributed by atoms with E-state index in [9.17, 15) is 4.79 Å². The molecule has 1 unspecified atom stereocenters. The number of nitrogens with one attached hydrogen (secondary N) is 1. The van der Waals surface area contributed by atoms with Crippen LogP contribution in [0.1, 0.15) is 49.2 Å².